The number of hydrogen-bond donors (Lipinski definition) is 1. The quantitative estimate of drug-likeness (QED) is 0.800. The average molecular weight is 224 g/mol. The standard InChI is InChI=1S/C10H16N4O2/c1-14(6-9-11-7-12-13-9)10(15)5-8-3-2-4-16-8/h7-8H,2-6H2,1H3,(H,11,12,13). The summed E-state index contributed by atoms with van der Waals surface area (Å²) in [5, 5.41) is 6.47. The van der Waals surface area contributed by atoms with E-state index in [0.29, 0.717) is 18.8 Å². The molecule has 0 aliphatic carbocycles. The highest BCUT2D eigenvalue weighted by molar-refractivity contribution is 5.76. The molecule has 16 heavy (non-hydrogen) atoms. The first-order valence-electron chi connectivity index (χ1n) is 5.45. The molecule has 2 rings (SSSR count). The molecule has 1 unspecified atom stereocenters. The maximum absolute atomic E-state index is 11.8. The summed E-state index contributed by atoms with van der Waals surface area (Å²) in [4.78, 5) is 17.4. The molecular formula is C10H16N4O2. The van der Waals surface area contributed by atoms with E-state index in [1.807, 2.05) is 0 Å². The number of H-pyrrole nitrogens is 1. The predicted octanol–water partition coefficient (Wildman–Crippen LogP) is 0.332. The molecule has 1 fully saturated rings. The average Bonchev–Trinajstić information content (AvgIpc) is 2.90. The molecule has 88 valence electrons. The van der Waals surface area contributed by atoms with Crippen molar-refractivity contribution in [2.45, 2.75) is 31.9 Å². The van der Waals surface area contributed by atoms with Crippen LogP contribution in [0.15, 0.2) is 6.33 Å². The molecule has 1 amide bonds. The largest absolute Gasteiger partial charge is 0.378 e. The van der Waals surface area contributed by atoms with Crippen LogP contribution in [0, 0.1) is 0 Å². The molecule has 1 aliphatic rings. The van der Waals surface area contributed by atoms with E-state index in [-0.39, 0.29) is 12.0 Å². The second kappa shape index (κ2) is 5.07. The lowest BCUT2D eigenvalue weighted by Gasteiger charge is -2.17. The third kappa shape index (κ3) is 2.79. The number of ether oxygens (including phenoxy) is 1. The van der Waals surface area contributed by atoms with E-state index < -0.39 is 0 Å². The van der Waals surface area contributed by atoms with Gasteiger partial charge in [-0.2, -0.15) is 5.10 Å². The fourth-order valence-corrected chi connectivity index (χ4v) is 1.78. The van der Waals surface area contributed by atoms with E-state index in [9.17, 15) is 4.79 Å². The highest BCUT2D eigenvalue weighted by Crippen LogP contribution is 2.16. The molecule has 1 aromatic rings. The highest BCUT2D eigenvalue weighted by Gasteiger charge is 2.21. The highest BCUT2D eigenvalue weighted by atomic mass is 16.5. The Morgan fingerprint density at radius 3 is 3.25 bits per heavy atom. The molecule has 2 heterocycles. The van der Waals surface area contributed by atoms with Gasteiger partial charge in [0, 0.05) is 13.7 Å². The van der Waals surface area contributed by atoms with E-state index in [4.69, 9.17) is 4.74 Å². The van der Waals surface area contributed by atoms with Crippen molar-refractivity contribution in [2.24, 2.45) is 0 Å². The van der Waals surface area contributed by atoms with E-state index in [2.05, 4.69) is 15.2 Å². The van der Waals surface area contributed by atoms with Crippen LogP contribution in [0.3, 0.4) is 0 Å². The molecule has 1 aliphatic heterocycles. The number of amides is 1. The minimum Gasteiger partial charge on any atom is -0.378 e. The van der Waals surface area contributed by atoms with Crippen molar-refractivity contribution in [1.82, 2.24) is 20.1 Å². The Bertz CT molecular complexity index is 333. The van der Waals surface area contributed by atoms with E-state index in [1.165, 1.54) is 6.33 Å². The second-order valence-electron chi connectivity index (χ2n) is 4.02. The third-order valence-electron chi connectivity index (χ3n) is 2.70. The number of nitrogens with zero attached hydrogens (tertiary/aromatic N) is 3. The molecule has 1 N–H and O–H groups in total. The summed E-state index contributed by atoms with van der Waals surface area (Å²) >= 11 is 0. The van der Waals surface area contributed by atoms with Crippen LogP contribution < -0.4 is 0 Å². The number of aromatic nitrogens is 3. The molecule has 0 spiro atoms. The van der Waals surface area contributed by atoms with Crippen LogP contribution in [0.4, 0.5) is 0 Å². The van der Waals surface area contributed by atoms with E-state index in [0.717, 1.165) is 19.4 Å². The van der Waals surface area contributed by atoms with Crippen LogP contribution in [0.5, 0.6) is 0 Å². The zero-order valence-corrected chi connectivity index (χ0v) is 9.35. The molecule has 1 saturated heterocycles. The molecule has 1 aromatic heterocycles. The summed E-state index contributed by atoms with van der Waals surface area (Å²) < 4.78 is 5.43. The summed E-state index contributed by atoms with van der Waals surface area (Å²) in [5.41, 5.74) is 0. The van der Waals surface area contributed by atoms with Crippen molar-refractivity contribution >= 4 is 5.91 Å². The predicted molar refractivity (Wildman–Crippen MR) is 56.4 cm³/mol. The van der Waals surface area contributed by atoms with E-state index in [1.54, 1.807) is 11.9 Å². The third-order valence-corrected chi connectivity index (χ3v) is 2.70. The number of nitrogens with one attached hydrogen (secondary N) is 1. The fraction of sp³-hybridized carbons (Fsp3) is 0.700. The molecule has 6 heteroatoms. The molecule has 0 radical (unpaired) electrons. The van der Waals surface area contributed by atoms with Crippen LogP contribution in [0.25, 0.3) is 0 Å². The van der Waals surface area contributed by atoms with Crippen LogP contribution in [-0.2, 0) is 16.1 Å². The fourth-order valence-electron chi connectivity index (χ4n) is 1.78. The van der Waals surface area contributed by atoms with Gasteiger partial charge < -0.3 is 9.64 Å². The van der Waals surface area contributed by atoms with Crippen molar-refractivity contribution in [1.29, 1.82) is 0 Å². The molecule has 0 saturated carbocycles. The smallest absolute Gasteiger partial charge is 0.225 e. The summed E-state index contributed by atoms with van der Waals surface area (Å²) in [6, 6.07) is 0. The van der Waals surface area contributed by atoms with Crippen molar-refractivity contribution in [3.63, 3.8) is 0 Å². The molecule has 1 atom stereocenters. The Morgan fingerprint density at radius 2 is 2.62 bits per heavy atom. The topological polar surface area (TPSA) is 71.1 Å². The summed E-state index contributed by atoms with van der Waals surface area (Å²) in [5.74, 6) is 0.784. The van der Waals surface area contributed by atoms with Gasteiger partial charge in [0.2, 0.25) is 5.91 Å². The summed E-state index contributed by atoms with van der Waals surface area (Å²) in [6.07, 6.45) is 4.05. The van der Waals surface area contributed by atoms with Gasteiger partial charge in [0.1, 0.15) is 12.2 Å². The summed E-state index contributed by atoms with van der Waals surface area (Å²) in [6.45, 7) is 1.25. The van der Waals surface area contributed by atoms with Gasteiger partial charge in [0.25, 0.3) is 0 Å². The number of aromatic amines is 1. The minimum absolute atomic E-state index is 0.0864. The first-order chi connectivity index (χ1) is 7.75. The van der Waals surface area contributed by atoms with Gasteiger partial charge in [-0.15, -0.1) is 0 Å². The van der Waals surface area contributed by atoms with Crippen LogP contribution >= 0.6 is 0 Å². The number of carbonyl (C=O) groups excluding carboxylic acids is 1. The monoisotopic (exact) mass is 224 g/mol. The van der Waals surface area contributed by atoms with Crippen molar-refractivity contribution < 1.29 is 9.53 Å². The first kappa shape index (κ1) is 11.1. The van der Waals surface area contributed by atoms with Crippen molar-refractivity contribution in [3.05, 3.63) is 12.2 Å². The Morgan fingerprint density at radius 1 is 1.75 bits per heavy atom. The number of rotatable bonds is 4. The Hall–Kier alpha value is -1.43. The lowest BCUT2D eigenvalue weighted by molar-refractivity contribution is -0.132. The van der Waals surface area contributed by atoms with Crippen LogP contribution in [0.2, 0.25) is 0 Å². The lowest BCUT2D eigenvalue weighted by atomic mass is 10.1. The van der Waals surface area contributed by atoms with Gasteiger partial charge >= 0.3 is 0 Å². The Balaban J connectivity index is 1.79. The number of hydrogen-bond acceptors (Lipinski definition) is 4. The molecular weight excluding hydrogens is 208 g/mol. The molecule has 6 nitrogen and oxygen atoms in total. The minimum atomic E-state index is 0.0864. The van der Waals surface area contributed by atoms with Gasteiger partial charge in [-0.3, -0.25) is 9.89 Å². The SMILES string of the molecule is CN(Cc1ncn[nH]1)C(=O)CC1CCCO1. The van der Waals surface area contributed by atoms with Gasteiger partial charge in [0.05, 0.1) is 19.1 Å². The van der Waals surface area contributed by atoms with Crippen molar-refractivity contribution in [3.8, 4) is 0 Å². The van der Waals surface area contributed by atoms with Crippen LogP contribution in [0.1, 0.15) is 25.1 Å². The van der Waals surface area contributed by atoms with Crippen LogP contribution in [-0.4, -0.2) is 45.7 Å². The van der Waals surface area contributed by atoms with Crippen molar-refractivity contribution in [2.75, 3.05) is 13.7 Å². The summed E-state index contributed by atoms with van der Waals surface area (Å²) in [7, 11) is 1.76. The zero-order valence-electron chi connectivity index (χ0n) is 9.35. The Kier molecular flexibility index (Phi) is 3.51. The maximum Gasteiger partial charge on any atom is 0.225 e. The molecule has 0 bridgehead atoms. The van der Waals surface area contributed by atoms with Gasteiger partial charge in [-0.1, -0.05) is 0 Å². The normalized spacial score (nSPS) is 19.9. The lowest BCUT2D eigenvalue weighted by Crippen LogP contribution is -2.29. The van der Waals surface area contributed by atoms with Gasteiger partial charge in [-0.25, -0.2) is 4.98 Å². The van der Waals surface area contributed by atoms with Gasteiger partial charge in [0.15, 0.2) is 0 Å². The first-order valence-corrected chi connectivity index (χ1v) is 5.45. The van der Waals surface area contributed by atoms with Gasteiger partial charge in [-0.05, 0) is 12.8 Å². The molecule has 0 aromatic carbocycles. The maximum atomic E-state index is 11.8. The van der Waals surface area contributed by atoms with E-state index >= 15 is 0 Å². The second-order valence-corrected chi connectivity index (χ2v) is 4.02. The number of carbonyl (C=O) groups is 1. The Labute approximate surface area is 94.0 Å². The zero-order chi connectivity index (χ0) is 11.4.